The van der Waals surface area contributed by atoms with Gasteiger partial charge in [0.25, 0.3) is 0 Å². The van der Waals surface area contributed by atoms with E-state index in [2.05, 4.69) is 14.9 Å². The number of carbonyl (C=O) groups is 1. The second-order valence-corrected chi connectivity index (χ2v) is 4.01. The summed E-state index contributed by atoms with van der Waals surface area (Å²) < 4.78 is 3.73. The van der Waals surface area contributed by atoms with Gasteiger partial charge in [0.05, 0.1) is 11.7 Å². The molecule has 1 aromatic heterocycles. The zero-order chi connectivity index (χ0) is 10.6. The van der Waals surface area contributed by atoms with Crippen molar-refractivity contribution >= 4 is 17.4 Å². The highest BCUT2D eigenvalue weighted by atomic mass is 32.1. The molecular formula is C8H14N4OS. The molecule has 0 aliphatic carbocycles. The van der Waals surface area contributed by atoms with E-state index in [9.17, 15) is 4.79 Å². The van der Waals surface area contributed by atoms with Gasteiger partial charge in [-0.05, 0) is 17.5 Å². The maximum Gasteiger partial charge on any atom is 0.234 e. The molecule has 0 saturated carbocycles. The van der Waals surface area contributed by atoms with Gasteiger partial charge in [-0.3, -0.25) is 10.1 Å². The van der Waals surface area contributed by atoms with E-state index in [1.54, 1.807) is 0 Å². The molecule has 1 atom stereocenters. The van der Waals surface area contributed by atoms with E-state index in [4.69, 9.17) is 5.73 Å². The third kappa shape index (κ3) is 3.04. The molecule has 1 amide bonds. The SMILES string of the molecule is CC(C)C(NCc1csnn1)C(N)=O. The van der Waals surface area contributed by atoms with Crippen LogP contribution in [-0.2, 0) is 11.3 Å². The Morgan fingerprint density at radius 2 is 2.43 bits per heavy atom. The van der Waals surface area contributed by atoms with Crippen LogP contribution in [0.2, 0.25) is 0 Å². The van der Waals surface area contributed by atoms with Crippen molar-refractivity contribution < 1.29 is 4.79 Å². The third-order valence-corrected chi connectivity index (χ3v) is 2.43. The summed E-state index contributed by atoms with van der Waals surface area (Å²) in [6.07, 6.45) is 0. The number of rotatable bonds is 5. The molecule has 0 fully saturated rings. The smallest absolute Gasteiger partial charge is 0.234 e. The predicted octanol–water partition coefficient (Wildman–Crippen LogP) is 0.138. The number of nitrogens with one attached hydrogen (secondary N) is 1. The van der Waals surface area contributed by atoms with Crippen molar-refractivity contribution in [3.63, 3.8) is 0 Å². The predicted molar refractivity (Wildman–Crippen MR) is 54.6 cm³/mol. The number of hydrogen-bond donors (Lipinski definition) is 2. The Hall–Kier alpha value is -1.01. The fourth-order valence-corrected chi connectivity index (χ4v) is 1.59. The minimum atomic E-state index is -0.330. The third-order valence-electron chi connectivity index (χ3n) is 1.88. The van der Waals surface area contributed by atoms with E-state index >= 15 is 0 Å². The van der Waals surface area contributed by atoms with Gasteiger partial charge < -0.3 is 5.73 Å². The first-order chi connectivity index (χ1) is 6.61. The van der Waals surface area contributed by atoms with Crippen LogP contribution in [0.15, 0.2) is 5.38 Å². The monoisotopic (exact) mass is 214 g/mol. The maximum absolute atomic E-state index is 11.0. The number of nitrogens with zero attached hydrogens (tertiary/aromatic N) is 2. The van der Waals surface area contributed by atoms with Crippen molar-refractivity contribution in [2.45, 2.75) is 26.4 Å². The van der Waals surface area contributed by atoms with Gasteiger partial charge >= 0.3 is 0 Å². The molecule has 0 aliphatic rings. The topological polar surface area (TPSA) is 80.9 Å². The van der Waals surface area contributed by atoms with E-state index in [0.29, 0.717) is 6.54 Å². The summed E-state index contributed by atoms with van der Waals surface area (Å²) in [4.78, 5) is 11.0. The van der Waals surface area contributed by atoms with Crippen molar-refractivity contribution in [2.75, 3.05) is 0 Å². The molecule has 0 aliphatic heterocycles. The van der Waals surface area contributed by atoms with Gasteiger partial charge in [0.15, 0.2) is 0 Å². The summed E-state index contributed by atoms with van der Waals surface area (Å²) in [5.74, 6) is -0.151. The highest BCUT2D eigenvalue weighted by Crippen LogP contribution is 2.03. The Morgan fingerprint density at radius 3 is 2.86 bits per heavy atom. The Morgan fingerprint density at radius 1 is 1.71 bits per heavy atom. The van der Waals surface area contributed by atoms with E-state index in [0.717, 1.165) is 5.69 Å². The number of hydrogen-bond acceptors (Lipinski definition) is 5. The minimum Gasteiger partial charge on any atom is -0.368 e. The van der Waals surface area contributed by atoms with Crippen LogP contribution in [0.25, 0.3) is 0 Å². The summed E-state index contributed by atoms with van der Waals surface area (Å²) >= 11 is 1.29. The second kappa shape index (κ2) is 5.02. The van der Waals surface area contributed by atoms with Gasteiger partial charge in [-0.1, -0.05) is 18.3 Å². The van der Waals surface area contributed by atoms with Crippen molar-refractivity contribution in [1.29, 1.82) is 0 Å². The largest absolute Gasteiger partial charge is 0.368 e. The average Bonchev–Trinajstić information content (AvgIpc) is 2.55. The van der Waals surface area contributed by atoms with E-state index in [-0.39, 0.29) is 17.9 Å². The van der Waals surface area contributed by atoms with Crippen molar-refractivity contribution in [2.24, 2.45) is 11.7 Å². The van der Waals surface area contributed by atoms with Gasteiger partial charge in [0.1, 0.15) is 0 Å². The van der Waals surface area contributed by atoms with Gasteiger partial charge in [-0.25, -0.2) is 0 Å². The lowest BCUT2D eigenvalue weighted by Crippen LogP contribution is -2.44. The molecule has 1 unspecified atom stereocenters. The molecule has 0 saturated heterocycles. The number of amides is 1. The molecule has 1 aromatic rings. The highest BCUT2D eigenvalue weighted by molar-refractivity contribution is 7.03. The Labute approximate surface area is 86.9 Å². The van der Waals surface area contributed by atoms with Gasteiger partial charge in [0.2, 0.25) is 5.91 Å². The standard InChI is InChI=1S/C8H14N4OS/c1-5(2)7(8(9)13)10-3-6-4-14-12-11-6/h4-5,7,10H,3H2,1-2H3,(H2,9,13). The van der Waals surface area contributed by atoms with Crippen LogP contribution in [0, 0.1) is 5.92 Å². The molecular weight excluding hydrogens is 200 g/mol. The lowest BCUT2D eigenvalue weighted by Gasteiger charge is -2.17. The number of aromatic nitrogens is 2. The molecule has 0 bridgehead atoms. The molecule has 1 rings (SSSR count). The van der Waals surface area contributed by atoms with Crippen LogP contribution in [-0.4, -0.2) is 21.5 Å². The summed E-state index contributed by atoms with van der Waals surface area (Å²) in [6, 6.07) is -0.309. The molecule has 6 heteroatoms. The molecule has 0 radical (unpaired) electrons. The zero-order valence-electron chi connectivity index (χ0n) is 8.23. The lowest BCUT2D eigenvalue weighted by molar-refractivity contribution is -0.121. The van der Waals surface area contributed by atoms with Crippen molar-refractivity contribution in [3.05, 3.63) is 11.1 Å². The quantitative estimate of drug-likeness (QED) is 0.730. The molecule has 14 heavy (non-hydrogen) atoms. The Bertz CT molecular complexity index is 286. The molecule has 5 nitrogen and oxygen atoms in total. The zero-order valence-corrected chi connectivity index (χ0v) is 9.04. The summed E-state index contributed by atoms with van der Waals surface area (Å²) in [7, 11) is 0. The van der Waals surface area contributed by atoms with Crippen LogP contribution in [0.5, 0.6) is 0 Å². The van der Waals surface area contributed by atoms with Crippen LogP contribution in [0.3, 0.4) is 0 Å². The summed E-state index contributed by atoms with van der Waals surface area (Å²) in [6.45, 7) is 4.42. The Kier molecular flexibility index (Phi) is 3.97. The fraction of sp³-hybridized carbons (Fsp3) is 0.625. The first-order valence-corrected chi connectivity index (χ1v) is 5.23. The summed E-state index contributed by atoms with van der Waals surface area (Å²) in [5.41, 5.74) is 6.08. The van der Waals surface area contributed by atoms with Crippen molar-refractivity contribution in [3.8, 4) is 0 Å². The van der Waals surface area contributed by atoms with E-state index < -0.39 is 0 Å². The first kappa shape index (κ1) is 11.1. The van der Waals surface area contributed by atoms with Gasteiger partial charge in [-0.2, -0.15) is 0 Å². The molecule has 1 heterocycles. The van der Waals surface area contributed by atoms with Crippen LogP contribution >= 0.6 is 11.5 Å². The molecule has 78 valence electrons. The summed E-state index contributed by atoms with van der Waals surface area (Å²) in [5, 5.41) is 8.75. The van der Waals surface area contributed by atoms with E-state index in [1.807, 2.05) is 19.2 Å². The van der Waals surface area contributed by atoms with E-state index in [1.165, 1.54) is 11.5 Å². The van der Waals surface area contributed by atoms with Crippen LogP contribution < -0.4 is 11.1 Å². The Balaban J connectivity index is 2.45. The van der Waals surface area contributed by atoms with Crippen LogP contribution in [0.1, 0.15) is 19.5 Å². The normalized spacial score (nSPS) is 13.1. The van der Waals surface area contributed by atoms with Crippen LogP contribution in [0.4, 0.5) is 0 Å². The average molecular weight is 214 g/mol. The molecule has 0 aromatic carbocycles. The van der Waals surface area contributed by atoms with Crippen molar-refractivity contribution in [1.82, 2.24) is 14.9 Å². The maximum atomic E-state index is 11.0. The second-order valence-electron chi connectivity index (χ2n) is 3.40. The number of primary amides is 1. The van der Waals surface area contributed by atoms with Gasteiger partial charge in [-0.15, -0.1) is 5.10 Å². The number of carbonyl (C=O) groups excluding carboxylic acids is 1. The fourth-order valence-electron chi connectivity index (χ4n) is 1.14. The molecule has 3 N–H and O–H groups in total. The highest BCUT2D eigenvalue weighted by Gasteiger charge is 2.18. The number of nitrogens with two attached hydrogens (primary N) is 1. The molecule has 0 spiro atoms. The van der Waals surface area contributed by atoms with Gasteiger partial charge in [0, 0.05) is 11.9 Å². The first-order valence-electron chi connectivity index (χ1n) is 4.40. The minimum absolute atomic E-state index is 0.180. The lowest BCUT2D eigenvalue weighted by atomic mass is 10.0.